The molecule has 7 heteroatoms. The zero-order chi connectivity index (χ0) is 15.1. The van der Waals surface area contributed by atoms with E-state index < -0.39 is 0 Å². The predicted octanol–water partition coefficient (Wildman–Crippen LogP) is 1.96. The molecule has 1 aromatic rings. The molecule has 4 rings (SSSR count). The number of rotatable bonds is 3. The van der Waals surface area contributed by atoms with Gasteiger partial charge in [-0.3, -0.25) is 4.99 Å². The van der Waals surface area contributed by atoms with Crippen molar-refractivity contribution in [2.45, 2.75) is 18.6 Å². The summed E-state index contributed by atoms with van der Waals surface area (Å²) in [5.41, 5.74) is 0.476. The van der Waals surface area contributed by atoms with E-state index in [4.69, 9.17) is 9.47 Å². The quantitative estimate of drug-likeness (QED) is 0.632. The molecule has 1 radical (unpaired) electrons. The molecule has 4 heterocycles. The van der Waals surface area contributed by atoms with Crippen molar-refractivity contribution < 1.29 is 14.3 Å². The van der Waals surface area contributed by atoms with Crippen LogP contribution in [0.4, 0.5) is 0 Å². The summed E-state index contributed by atoms with van der Waals surface area (Å²) >= 11 is 1.56. The highest BCUT2D eigenvalue weighted by molar-refractivity contribution is 8.14. The maximum Gasteiger partial charge on any atom is 0.334 e. The van der Waals surface area contributed by atoms with Crippen LogP contribution in [0.2, 0.25) is 0 Å². The first-order valence-electron chi connectivity index (χ1n) is 7.00. The maximum atomic E-state index is 11.4. The molecule has 0 bridgehead atoms. The molecular formula is C15H14N3O3S. The van der Waals surface area contributed by atoms with Gasteiger partial charge >= 0.3 is 5.97 Å². The van der Waals surface area contributed by atoms with E-state index in [1.165, 1.54) is 0 Å². The fourth-order valence-electron chi connectivity index (χ4n) is 2.52. The summed E-state index contributed by atoms with van der Waals surface area (Å²) in [7, 11) is 0. The van der Waals surface area contributed by atoms with Crippen molar-refractivity contribution in [3.8, 4) is 0 Å². The van der Waals surface area contributed by atoms with Gasteiger partial charge in [0.1, 0.15) is 17.7 Å². The van der Waals surface area contributed by atoms with E-state index in [1.54, 1.807) is 11.8 Å². The fraction of sp³-hybridized carbons (Fsp3) is 0.333. The Hall–Kier alpha value is -2.02. The molecule has 0 amide bonds. The van der Waals surface area contributed by atoms with Gasteiger partial charge in [0, 0.05) is 30.1 Å². The largest absolute Gasteiger partial charge is 0.475 e. The summed E-state index contributed by atoms with van der Waals surface area (Å²) in [6.07, 6.45) is 4.96. The molecule has 22 heavy (non-hydrogen) atoms. The minimum absolute atomic E-state index is 0.0222. The number of aromatic nitrogens is 1. The van der Waals surface area contributed by atoms with Crippen molar-refractivity contribution in [1.29, 1.82) is 0 Å². The second-order valence-electron chi connectivity index (χ2n) is 5.24. The van der Waals surface area contributed by atoms with Crippen LogP contribution in [-0.4, -0.2) is 39.9 Å². The molecule has 3 aliphatic rings. The molecule has 2 unspecified atom stereocenters. The number of thioether (sulfide) groups is 1. The van der Waals surface area contributed by atoms with Gasteiger partial charge in [-0.05, 0) is 12.1 Å². The SMILES string of the molecule is C=C1C[C](C2=NC(C3=NC(n4cccc4)CO3)CS2)OC1=O. The summed E-state index contributed by atoms with van der Waals surface area (Å²) in [6.45, 7) is 4.21. The second-order valence-corrected chi connectivity index (χ2v) is 6.25. The lowest BCUT2D eigenvalue weighted by Crippen LogP contribution is -2.18. The van der Waals surface area contributed by atoms with E-state index in [0.29, 0.717) is 30.6 Å². The number of cyclic esters (lactones) is 1. The van der Waals surface area contributed by atoms with E-state index >= 15 is 0 Å². The Morgan fingerprint density at radius 2 is 2.14 bits per heavy atom. The molecule has 6 nitrogen and oxygen atoms in total. The number of esters is 1. The van der Waals surface area contributed by atoms with Crippen LogP contribution < -0.4 is 0 Å². The normalized spacial score (nSPS) is 28.5. The lowest BCUT2D eigenvalue weighted by Gasteiger charge is -2.05. The van der Waals surface area contributed by atoms with Gasteiger partial charge in [-0.25, -0.2) is 9.79 Å². The first-order chi connectivity index (χ1) is 10.7. The maximum absolute atomic E-state index is 11.4. The van der Waals surface area contributed by atoms with Gasteiger partial charge in [-0.2, -0.15) is 0 Å². The van der Waals surface area contributed by atoms with Crippen LogP contribution >= 0.6 is 11.8 Å². The van der Waals surface area contributed by atoms with Crippen LogP contribution in [0.5, 0.6) is 0 Å². The van der Waals surface area contributed by atoms with Gasteiger partial charge in [-0.1, -0.05) is 6.58 Å². The molecule has 0 spiro atoms. The lowest BCUT2D eigenvalue weighted by molar-refractivity contribution is -0.133. The predicted molar refractivity (Wildman–Crippen MR) is 83.6 cm³/mol. The zero-order valence-corrected chi connectivity index (χ0v) is 12.6. The zero-order valence-electron chi connectivity index (χ0n) is 11.8. The average Bonchev–Trinajstić information content (AvgIpc) is 3.27. The van der Waals surface area contributed by atoms with Gasteiger partial charge in [0.15, 0.2) is 6.17 Å². The molecular weight excluding hydrogens is 302 g/mol. The summed E-state index contributed by atoms with van der Waals surface area (Å²) in [5.74, 6) is 1.05. The average molecular weight is 316 g/mol. The Morgan fingerprint density at radius 1 is 1.32 bits per heavy atom. The number of aliphatic imine (C=N–C) groups is 2. The molecule has 113 valence electrons. The van der Waals surface area contributed by atoms with Gasteiger partial charge in [0.2, 0.25) is 12.0 Å². The Kier molecular flexibility index (Phi) is 3.29. The first kappa shape index (κ1) is 13.6. The molecule has 0 N–H and O–H groups in total. The third-order valence-corrected chi connectivity index (χ3v) is 4.77. The number of nitrogens with zero attached hydrogens (tertiary/aromatic N) is 3. The van der Waals surface area contributed by atoms with Crippen molar-refractivity contribution >= 4 is 28.7 Å². The first-order valence-corrected chi connectivity index (χ1v) is 7.99. The summed E-state index contributed by atoms with van der Waals surface area (Å²) in [6, 6.07) is 3.82. The highest BCUT2D eigenvalue weighted by Crippen LogP contribution is 2.35. The van der Waals surface area contributed by atoms with Crippen LogP contribution in [0.1, 0.15) is 12.6 Å². The number of carbonyl (C=O) groups is 1. The van der Waals surface area contributed by atoms with E-state index in [-0.39, 0.29) is 18.2 Å². The number of hydrogen-bond donors (Lipinski definition) is 0. The summed E-state index contributed by atoms with van der Waals surface area (Å²) in [5, 5.41) is 0.757. The molecule has 3 aliphatic heterocycles. The van der Waals surface area contributed by atoms with E-state index in [9.17, 15) is 4.79 Å². The van der Waals surface area contributed by atoms with Crippen molar-refractivity contribution in [3.05, 3.63) is 42.8 Å². The van der Waals surface area contributed by atoms with Crippen molar-refractivity contribution in [2.24, 2.45) is 9.98 Å². The smallest absolute Gasteiger partial charge is 0.334 e. The van der Waals surface area contributed by atoms with E-state index in [0.717, 1.165) is 10.8 Å². The Bertz CT molecular complexity index is 664. The molecule has 2 atom stereocenters. The van der Waals surface area contributed by atoms with Gasteiger partial charge in [0.25, 0.3) is 0 Å². The molecule has 1 aromatic heterocycles. The molecule has 0 aromatic carbocycles. The second kappa shape index (κ2) is 5.31. The lowest BCUT2D eigenvalue weighted by atomic mass is 10.2. The van der Waals surface area contributed by atoms with Crippen molar-refractivity contribution in [3.63, 3.8) is 0 Å². The topological polar surface area (TPSA) is 65.2 Å². The summed E-state index contributed by atoms with van der Waals surface area (Å²) < 4.78 is 12.9. The molecule has 0 saturated carbocycles. The van der Waals surface area contributed by atoms with Gasteiger partial charge in [0.05, 0.1) is 0 Å². The van der Waals surface area contributed by atoms with Gasteiger partial charge in [-0.15, -0.1) is 11.8 Å². The van der Waals surface area contributed by atoms with Crippen LogP contribution in [-0.2, 0) is 14.3 Å². The van der Waals surface area contributed by atoms with Crippen LogP contribution in [0, 0.1) is 6.10 Å². The van der Waals surface area contributed by atoms with Crippen molar-refractivity contribution in [1.82, 2.24) is 4.57 Å². The highest BCUT2D eigenvalue weighted by Gasteiger charge is 2.38. The van der Waals surface area contributed by atoms with Crippen LogP contribution in [0.3, 0.4) is 0 Å². The molecule has 1 saturated heterocycles. The number of ether oxygens (including phenoxy) is 2. The minimum atomic E-state index is -0.358. The number of hydrogen-bond acceptors (Lipinski definition) is 6. The molecule has 0 aliphatic carbocycles. The van der Waals surface area contributed by atoms with E-state index in [1.807, 2.05) is 29.1 Å². The minimum Gasteiger partial charge on any atom is -0.475 e. The highest BCUT2D eigenvalue weighted by atomic mass is 32.2. The Morgan fingerprint density at radius 3 is 2.86 bits per heavy atom. The monoisotopic (exact) mass is 316 g/mol. The summed E-state index contributed by atoms with van der Waals surface area (Å²) in [4.78, 5) is 20.6. The van der Waals surface area contributed by atoms with Gasteiger partial charge < -0.3 is 14.0 Å². The standard InChI is InChI=1S/C15H14N3O3S/c1-9-6-11(21-15(9)19)14-16-10(8-22-14)13-17-12(7-20-13)18-4-2-3-5-18/h2-5,10,12H,1,6-8H2. The molecule has 1 fully saturated rings. The third kappa shape index (κ3) is 2.35. The van der Waals surface area contributed by atoms with Crippen LogP contribution in [0.25, 0.3) is 0 Å². The number of carbonyl (C=O) groups excluding carboxylic acids is 1. The van der Waals surface area contributed by atoms with E-state index in [2.05, 4.69) is 16.6 Å². The Labute approximate surface area is 131 Å². The third-order valence-electron chi connectivity index (χ3n) is 3.68. The fourth-order valence-corrected chi connectivity index (χ4v) is 3.53. The van der Waals surface area contributed by atoms with Crippen LogP contribution in [0.15, 0.2) is 46.7 Å². The Balaban J connectivity index is 1.47. The van der Waals surface area contributed by atoms with Crippen molar-refractivity contribution in [2.75, 3.05) is 12.4 Å².